The van der Waals surface area contributed by atoms with Crippen molar-refractivity contribution in [2.24, 2.45) is 0 Å². The number of alkyl halides is 11. The first kappa shape index (κ1) is 24.5. The minimum Gasteiger partial charge on any atom is -0.487 e. The molecular weight excluding hydrogens is 468 g/mol. The van der Waals surface area contributed by atoms with Gasteiger partial charge in [0.05, 0.1) is 10.6 Å². The fraction of sp³-hybridized carbons (Fsp3) is 0.462. The highest BCUT2D eigenvalue weighted by Crippen LogP contribution is 2.57. The van der Waals surface area contributed by atoms with E-state index in [0.717, 1.165) is 6.07 Å². The van der Waals surface area contributed by atoms with Gasteiger partial charge in [0.1, 0.15) is 5.75 Å². The van der Waals surface area contributed by atoms with Crippen molar-refractivity contribution in [3.8, 4) is 5.75 Å². The molecule has 1 aromatic carbocycles. The molecule has 160 valence electrons. The zero-order valence-electron chi connectivity index (χ0n) is 12.7. The molecular formula is C13H5Cl2F11O2. The van der Waals surface area contributed by atoms with Crippen LogP contribution in [0.25, 0.3) is 0 Å². The molecule has 0 amide bonds. The Morgan fingerprint density at radius 2 is 1.36 bits per heavy atom. The lowest BCUT2D eigenvalue weighted by Gasteiger charge is -2.37. The van der Waals surface area contributed by atoms with E-state index in [1.807, 2.05) is 0 Å². The molecule has 0 unspecified atom stereocenters. The Balaban J connectivity index is 3.14. The predicted molar refractivity (Wildman–Crippen MR) is 73.0 cm³/mol. The summed E-state index contributed by atoms with van der Waals surface area (Å²) >= 11 is 10.6. The molecule has 1 aromatic rings. The van der Waals surface area contributed by atoms with Crippen LogP contribution in [0.15, 0.2) is 18.2 Å². The van der Waals surface area contributed by atoms with Crippen LogP contribution in [0.5, 0.6) is 5.75 Å². The SMILES string of the molecule is O=C(Cl)c1ccc(OCC(F)(F)C(F)(F)C(F)(F)C(F)(F)C(F)(F)F)cc1Cl. The van der Waals surface area contributed by atoms with E-state index < -0.39 is 52.5 Å². The second-order valence-corrected chi connectivity index (χ2v) is 5.88. The van der Waals surface area contributed by atoms with E-state index in [0.29, 0.717) is 12.1 Å². The molecule has 28 heavy (non-hydrogen) atoms. The number of rotatable bonds is 7. The summed E-state index contributed by atoms with van der Waals surface area (Å²) in [4.78, 5) is 10.9. The van der Waals surface area contributed by atoms with Crippen molar-refractivity contribution in [2.45, 2.75) is 29.9 Å². The van der Waals surface area contributed by atoms with Gasteiger partial charge < -0.3 is 4.74 Å². The summed E-state index contributed by atoms with van der Waals surface area (Å²) in [5.41, 5.74) is -0.385. The summed E-state index contributed by atoms with van der Waals surface area (Å²) in [6.45, 7) is -2.73. The van der Waals surface area contributed by atoms with Gasteiger partial charge in [-0.25, -0.2) is 0 Å². The lowest BCUT2D eigenvalue weighted by Crippen LogP contribution is -2.67. The summed E-state index contributed by atoms with van der Waals surface area (Å²) < 4.78 is 145. The molecule has 0 atom stereocenters. The summed E-state index contributed by atoms with van der Waals surface area (Å²) in [7, 11) is 0. The Morgan fingerprint density at radius 3 is 1.75 bits per heavy atom. The maximum atomic E-state index is 13.4. The van der Waals surface area contributed by atoms with Gasteiger partial charge >= 0.3 is 29.9 Å². The fourth-order valence-corrected chi connectivity index (χ4v) is 2.08. The van der Waals surface area contributed by atoms with Crippen LogP contribution in [-0.2, 0) is 0 Å². The number of carbonyl (C=O) groups is 1. The number of ether oxygens (including phenoxy) is 1. The van der Waals surface area contributed by atoms with Crippen molar-refractivity contribution >= 4 is 28.4 Å². The minimum atomic E-state index is -7.52. The molecule has 0 aliphatic carbocycles. The molecule has 1 rings (SSSR count). The highest BCUT2D eigenvalue weighted by Gasteiger charge is 2.87. The van der Waals surface area contributed by atoms with Crippen molar-refractivity contribution in [2.75, 3.05) is 6.61 Å². The van der Waals surface area contributed by atoms with Gasteiger partial charge in [0, 0.05) is 0 Å². The van der Waals surface area contributed by atoms with E-state index >= 15 is 0 Å². The largest absolute Gasteiger partial charge is 0.487 e. The normalized spacial score (nSPS) is 14.2. The Hall–Kier alpha value is -1.50. The number of hydrogen-bond donors (Lipinski definition) is 0. The van der Waals surface area contributed by atoms with Crippen molar-refractivity contribution in [1.82, 2.24) is 0 Å². The Morgan fingerprint density at radius 1 is 0.857 bits per heavy atom. The van der Waals surface area contributed by atoms with E-state index in [1.165, 1.54) is 0 Å². The Kier molecular flexibility index (Phi) is 6.48. The molecule has 15 heteroatoms. The van der Waals surface area contributed by atoms with Crippen LogP contribution >= 0.6 is 23.2 Å². The van der Waals surface area contributed by atoms with Gasteiger partial charge in [0.25, 0.3) is 5.24 Å². The first-order valence-electron chi connectivity index (χ1n) is 6.50. The third-order valence-corrected chi connectivity index (χ3v) is 3.69. The molecule has 0 saturated heterocycles. The summed E-state index contributed by atoms with van der Waals surface area (Å²) in [5.74, 6) is -29.2. The average Bonchev–Trinajstić information content (AvgIpc) is 2.51. The van der Waals surface area contributed by atoms with Crippen molar-refractivity contribution in [1.29, 1.82) is 0 Å². The zero-order valence-corrected chi connectivity index (χ0v) is 14.2. The second-order valence-electron chi connectivity index (χ2n) is 5.13. The highest BCUT2D eigenvalue weighted by molar-refractivity contribution is 6.68. The fourth-order valence-electron chi connectivity index (χ4n) is 1.61. The van der Waals surface area contributed by atoms with E-state index in [1.54, 1.807) is 0 Å². The molecule has 0 aliphatic rings. The van der Waals surface area contributed by atoms with Crippen LogP contribution < -0.4 is 4.74 Å². The zero-order chi connectivity index (χ0) is 22.3. The summed E-state index contributed by atoms with van der Waals surface area (Å²) in [6, 6.07) is 1.97. The lowest BCUT2D eigenvalue weighted by atomic mass is 9.98. The molecule has 2 nitrogen and oxygen atoms in total. The van der Waals surface area contributed by atoms with Crippen molar-refractivity contribution < 1.29 is 57.8 Å². The van der Waals surface area contributed by atoms with E-state index in [4.69, 9.17) is 23.2 Å². The molecule has 0 aromatic heterocycles. The molecule has 0 spiro atoms. The second kappa shape index (κ2) is 7.39. The number of carbonyl (C=O) groups excluding carboxylic acids is 1. The third kappa shape index (κ3) is 4.09. The van der Waals surface area contributed by atoms with Crippen molar-refractivity contribution in [3.05, 3.63) is 28.8 Å². The molecule has 0 bridgehead atoms. The third-order valence-electron chi connectivity index (χ3n) is 3.18. The van der Waals surface area contributed by atoms with Gasteiger partial charge in [-0.1, -0.05) is 11.6 Å². The van der Waals surface area contributed by atoms with Crippen LogP contribution in [0.3, 0.4) is 0 Å². The van der Waals surface area contributed by atoms with Crippen molar-refractivity contribution in [3.63, 3.8) is 0 Å². The smallest absolute Gasteiger partial charge is 0.460 e. The summed E-state index contributed by atoms with van der Waals surface area (Å²) in [6.07, 6.45) is -7.24. The quantitative estimate of drug-likeness (QED) is 0.348. The summed E-state index contributed by atoms with van der Waals surface area (Å²) in [5, 5.41) is -1.66. The first-order chi connectivity index (χ1) is 12.3. The number of hydrogen-bond acceptors (Lipinski definition) is 2. The molecule has 0 fully saturated rings. The van der Waals surface area contributed by atoms with E-state index in [9.17, 15) is 53.1 Å². The average molecular weight is 473 g/mol. The van der Waals surface area contributed by atoms with E-state index in [-0.39, 0.29) is 5.56 Å². The standard InChI is InChI=1S/C13H5Cl2F11O2/c14-7-3-5(1-2-6(7)8(15)27)28-4-9(16,17)10(18,19)11(20,21)12(22,23)13(24,25)26/h1-3H,4H2. The van der Waals surface area contributed by atoms with Crippen LogP contribution in [0.4, 0.5) is 48.3 Å². The van der Waals surface area contributed by atoms with Crippen LogP contribution in [0, 0.1) is 0 Å². The van der Waals surface area contributed by atoms with Gasteiger partial charge in [0.15, 0.2) is 6.61 Å². The Labute approximate surface area is 158 Å². The molecule has 0 radical (unpaired) electrons. The molecule has 0 saturated carbocycles. The number of halogens is 13. The van der Waals surface area contributed by atoms with Gasteiger partial charge in [-0.05, 0) is 29.8 Å². The maximum absolute atomic E-state index is 13.4. The van der Waals surface area contributed by atoms with Gasteiger partial charge in [0.2, 0.25) is 0 Å². The molecule has 0 aliphatic heterocycles. The van der Waals surface area contributed by atoms with Crippen LogP contribution in [0.1, 0.15) is 10.4 Å². The monoisotopic (exact) mass is 472 g/mol. The van der Waals surface area contributed by atoms with Gasteiger partial charge in [-0.2, -0.15) is 48.3 Å². The maximum Gasteiger partial charge on any atom is 0.460 e. The van der Waals surface area contributed by atoms with Crippen LogP contribution in [0.2, 0.25) is 5.02 Å². The number of benzene rings is 1. The predicted octanol–water partition coefficient (Wildman–Crippen LogP) is 6.20. The Bertz CT molecular complexity index is 746. The van der Waals surface area contributed by atoms with Crippen LogP contribution in [-0.4, -0.2) is 41.7 Å². The minimum absolute atomic E-state index is 0.385. The van der Waals surface area contributed by atoms with Gasteiger partial charge in [-0.15, -0.1) is 0 Å². The topological polar surface area (TPSA) is 26.3 Å². The highest BCUT2D eigenvalue weighted by atomic mass is 35.5. The van der Waals surface area contributed by atoms with Gasteiger partial charge in [-0.3, -0.25) is 4.79 Å². The first-order valence-corrected chi connectivity index (χ1v) is 7.25. The lowest BCUT2D eigenvalue weighted by molar-refractivity contribution is -0.423. The van der Waals surface area contributed by atoms with E-state index in [2.05, 4.69) is 4.74 Å². The molecule has 0 N–H and O–H groups in total. The molecule has 0 heterocycles.